The molecule has 1 atom stereocenters. The van der Waals surface area contributed by atoms with E-state index in [0.717, 1.165) is 0 Å². The molecule has 7 heteroatoms. The van der Waals surface area contributed by atoms with Crippen molar-refractivity contribution >= 4 is 27.1 Å². The molecule has 2 rings (SSSR count). The molecule has 1 aromatic heterocycles. The molecule has 1 heterocycles. The van der Waals surface area contributed by atoms with Crippen molar-refractivity contribution in [2.45, 2.75) is 11.8 Å². The molecule has 2 aromatic rings. The smallest absolute Gasteiger partial charge is 0.251 e. The van der Waals surface area contributed by atoms with Gasteiger partial charge in [-0.05, 0) is 54.2 Å². The van der Waals surface area contributed by atoms with Crippen LogP contribution in [-0.2, 0) is 15.6 Å². The van der Waals surface area contributed by atoms with Gasteiger partial charge in [0.2, 0.25) is 0 Å². The van der Waals surface area contributed by atoms with Crippen LogP contribution in [0.3, 0.4) is 0 Å². The first-order valence-corrected chi connectivity index (χ1v) is 10.5. The largest absolute Gasteiger partial charge is 0.350 e. The number of hydrogen-bond donors (Lipinski definition) is 1. The molecule has 5 nitrogen and oxygen atoms in total. The van der Waals surface area contributed by atoms with Crippen molar-refractivity contribution in [1.29, 1.82) is 0 Å². The van der Waals surface area contributed by atoms with Gasteiger partial charge in [0.15, 0.2) is 9.84 Å². The van der Waals surface area contributed by atoms with Crippen LogP contribution in [0.4, 0.5) is 0 Å². The topological polar surface area (TPSA) is 66.5 Å². The number of likely N-dealkylation sites (N-methyl/N-ethyl adjacent to an activating group) is 1. The average molecular weight is 367 g/mol. The molecule has 1 amide bonds. The van der Waals surface area contributed by atoms with Crippen LogP contribution >= 0.6 is 11.3 Å². The number of hydrogen-bond acceptors (Lipinski definition) is 5. The first-order valence-electron chi connectivity index (χ1n) is 7.49. The summed E-state index contributed by atoms with van der Waals surface area (Å²) in [6, 6.07) is 8.85. The van der Waals surface area contributed by atoms with Crippen LogP contribution in [0.2, 0.25) is 0 Å². The minimum Gasteiger partial charge on any atom is -0.350 e. The van der Waals surface area contributed by atoms with Crippen molar-refractivity contribution in [2.24, 2.45) is 0 Å². The Hall–Kier alpha value is -1.70. The summed E-state index contributed by atoms with van der Waals surface area (Å²) in [6.45, 7) is 0.508. The van der Waals surface area contributed by atoms with Crippen LogP contribution in [-0.4, -0.2) is 46.1 Å². The van der Waals surface area contributed by atoms with Gasteiger partial charge in [0.05, 0.1) is 11.8 Å². The predicted molar refractivity (Wildman–Crippen MR) is 98.1 cm³/mol. The Morgan fingerprint density at radius 3 is 2.38 bits per heavy atom. The van der Waals surface area contributed by atoms with Crippen LogP contribution in [0.5, 0.6) is 0 Å². The van der Waals surface area contributed by atoms with E-state index in [1.165, 1.54) is 11.8 Å². The van der Waals surface area contributed by atoms with E-state index in [2.05, 4.69) is 21.7 Å². The highest BCUT2D eigenvalue weighted by Crippen LogP contribution is 2.20. The molecule has 0 saturated heterocycles. The second-order valence-electron chi connectivity index (χ2n) is 6.01. The number of amides is 1. The van der Waals surface area contributed by atoms with Gasteiger partial charge in [-0.15, -0.1) is 0 Å². The van der Waals surface area contributed by atoms with Crippen molar-refractivity contribution in [2.75, 3.05) is 26.9 Å². The number of carbonyl (C=O) groups is 1. The Morgan fingerprint density at radius 1 is 1.21 bits per heavy atom. The average Bonchev–Trinajstić information content (AvgIpc) is 3.00. The van der Waals surface area contributed by atoms with Gasteiger partial charge >= 0.3 is 0 Å². The summed E-state index contributed by atoms with van der Waals surface area (Å²) in [4.78, 5) is 14.4. The summed E-state index contributed by atoms with van der Waals surface area (Å²) in [5.41, 5.74) is 2.38. The molecule has 24 heavy (non-hydrogen) atoms. The number of nitrogens with one attached hydrogen (secondary N) is 1. The Labute approximate surface area is 147 Å². The zero-order valence-electron chi connectivity index (χ0n) is 14.0. The molecule has 0 aliphatic heterocycles. The fraction of sp³-hybridized carbons (Fsp3) is 0.353. The van der Waals surface area contributed by atoms with E-state index in [1.807, 2.05) is 19.5 Å². The monoisotopic (exact) mass is 366 g/mol. The lowest BCUT2D eigenvalue weighted by molar-refractivity contribution is 0.0942. The summed E-state index contributed by atoms with van der Waals surface area (Å²) in [6.07, 6.45) is 1.19. The van der Waals surface area contributed by atoms with E-state index in [1.54, 1.807) is 35.6 Å². The van der Waals surface area contributed by atoms with E-state index < -0.39 is 9.84 Å². The summed E-state index contributed by atoms with van der Waals surface area (Å²) in [5, 5.41) is 7.04. The SMILES string of the molecule is CN(C)[C@@H](CNC(=O)c1ccc(CS(C)(=O)=O)cc1)c1ccsc1. The Bertz CT molecular complexity index is 767. The third kappa shape index (κ3) is 5.43. The second-order valence-corrected chi connectivity index (χ2v) is 8.93. The number of thiophene rings is 1. The van der Waals surface area contributed by atoms with Gasteiger partial charge in [-0.3, -0.25) is 4.79 Å². The zero-order chi connectivity index (χ0) is 17.7. The Balaban J connectivity index is 1.99. The third-order valence-corrected chi connectivity index (χ3v) is 5.21. The molecule has 0 bridgehead atoms. The van der Waals surface area contributed by atoms with Crippen LogP contribution in [0.15, 0.2) is 41.1 Å². The van der Waals surface area contributed by atoms with Crippen molar-refractivity contribution < 1.29 is 13.2 Å². The highest BCUT2D eigenvalue weighted by molar-refractivity contribution is 7.89. The van der Waals surface area contributed by atoms with Crippen LogP contribution in [0, 0.1) is 0 Å². The summed E-state index contributed by atoms with van der Waals surface area (Å²) >= 11 is 1.63. The van der Waals surface area contributed by atoms with Crippen LogP contribution in [0.1, 0.15) is 27.5 Å². The predicted octanol–water partition coefficient (Wildman–Crippen LogP) is 2.33. The first-order chi connectivity index (χ1) is 11.3. The van der Waals surface area contributed by atoms with Gasteiger partial charge in [-0.25, -0.2) is 8.42 Å². The van der Waals surface area contributed by atoms with Gasteiger partial charge in [-0.1, -0.05) is 12.1 Å². The maximum absolute atomic E-state index is 12.3. The van der Waals surface area contributed by atoms with Crippen molar-refractivity contribution in [3.05, 3.63) is 57.8 Å². The Kier molecular flexibility index (Phi) is 6.15. The molecule has 1 aromatic carbocycles. The standard InChI is InChI=1S/C17H22N2O3S2/c1-19(2)16(15-8-9-23-11-15)10-18-17(20)14-6-4-13(5-7-14)12-24(3,21)22/h4-9,11,16H,10,12H2,1-3H3,(H,18,20)/t16-/m0/s1. The third-order valence-electron chi connectivity index (χ3n) is 3.65. The molecular formula is C17H22N2O3S2. The molecule has 0 saturated carbocycles. The van der Waals surface area contributed by atoms with Gasteiger partial charge in [-0.2, -0.15) is 11.3 Å². The fourth-order valence-corrected chi connectivity index (χ4v) is 3.91. The fourth-order valence-electron chi connectivity index (χ4n) is 2.41. The molecule has 0 spiro atoms. The van der Waals surface area contributed by atoms with E-state index in [9.17, 15) is 13.2 Å². The Morgan fingerprint density at radius 2 is 1.88 bits per heavy atom. The van der Waals surface area contributed by atoms with Gasteiger partial charge in [0.25, 0.3) is 5.91 Å². The molecular weight excluding hydrogens is 344 g/mol. The summed E-state index contributed by atoms with van der Waals surface area (Å²) in [7, 11) is 0.890. The minimum absolute atomic E-state index is 0.0181. The molecule has 0 aliphatic carbocycles. The van der Waals surface area contributed by atoms with Gasteiger partial charge < -0.3 is 10.2 Å². The molecule has 130 valence electrons. The number of rotatable bonds is 7. The van der Waals surface area contributed by atoms with E-state index in [0.29, 0.717) is 17.7 Å². The minimum atomic E-state index is -3.07. The van der Waals surface area contributed by atoms with Crippen molar-refractivity contribution in [1.82, 2.24) is 10.2 Å². The molecule has 0 radical (unpaired) electrons. The lowest BCUT2D eigenvalue weighted by Crippen LogP contribution is -2.34. The van der Waals surface area contributed by atoms with E-state index in [-0.39, 0.29) is 17.7 Å². The maximum atomic E-state index is 12.3. The number of sulfone groups is 1. The number of carbonyl (C=O) groups excluding carboxylic acids is 1. The van der Waals surface area contributed by atoms with Gasteiger partial charge in [0, 0.05) is 18.4 Å². The second kappa shape index (κ2) is 7.92. The molecule has 0 aliphatic rings. The first kappa shape index (κ1) is 18.6. The highest BCUT2D eigenvalue weighted by atomic mass is 32.2. The van der Waals surface area contributed by atoms with E-state index in [4.69, 9.17) is 0 Å². The zero-order valence-corrected chi connectivity index (χ0v) is 15.7. The van der Waals surface area contributed by atoms with Gasteiger partial charge in [0.1, 0.15) is 0 Å². The quantitative estimate of drug-likeness (QED) is 0.817. The van der Waals surface area contributed by atoms with Crippen LogP contribution in [0.25, 0.3) is 0 Å². The summed E-state index contributed by atoms with van der Waals surface area (Å²) < 4.78 is 22.6. The summed E-state index contributed by atoms with van der Waals surface area (Å²) in [5.74, 6) is -0.182. The molecule has 1 N–H and O–H groups in total. The normalized spacial score (nSPS) is 13.0. The van der Waals surface area contributed by atoms with Crippen LogP contribution < -0.4 is 5.32 Å². The highest BCUT2D eigenvalue weighted by Gasteiger charge is 2.16. The van der Waals surface area contributed by atoms with E-state index >= 15 is 0 Å². The van der Waals surface area contributed by atoms with Crippen molar-refractivity contribution in [3.8, 4) is 0 Å². The maximum Gasteiger partial charge on any atom is 0.251 e. The van der Waals surface area contributed by atoms with Crippen molar-refractivity contribution in [3.63, 3.8) is 0 Å². The number of benzene rings is 1. The lowest BCUT2D eigenvalue weighted by atomic mass is 10.1. The molecule has 0 fully saturated rings. The lowest BCUT2D eigenvalue weighted by Gasteiger charge is -2.24. The molecule has 0 unspecified atom stereocenters. The number of nitrogens with zero attached hydrogens (tertiary/aromatic N) is 1.